The maximum Gasteiger partial charge on any atom is 0.101 e. The fourth-order valence-electron chi connectivity index (χ4n) is 2.57. The Bertz CT molecular complexity index is 451. The number of rotatable bonds is 3. The van der Waals surface area contributed by atoms with Crippen LogP contribution in [0.25, 0.3) is 0 Å². The van der Waals surface area contributed by atoms with Crippen LogP contribution in [-0.4, -0.2) is 26.8 Å². The maximum absolute atomic E-state index is 9.19. The SMILES string of the molecule is COCC1CCCN(c2ccc(N)cc2C#N)C1. The molecule has 1 aromatic rings. The van der Waals surface area contributed by atoms with Gasteiger partial charge in [0.05, 0.1) is 17.9 Å². The summed E-state index contributed by atoms with van der Waals surface area (Å²) in [6.45, 7) is 2.73. The Morgan fingerprint density at radius 2 is 2.39 bits per heavy atom. The van der Waals surface area contributed by atoms with E-state index in [9.17, 15) is 5.26 Å². The second kappa shape index (κ2) is 5.74. The van der Waals surface area contributed by atoms with E-state index in [0.717, 1.165) is 31.8 Å². The van der Waals surface area contributed by atoms with Gasteiger partial charge in [-0.05, 0) is 37.0 Å². The lowest BCUT2D eigenvalue weighted by atomic mass is 9.97. The number of ether oxygens (including phenoxy) is 1. The highest BCUT2D eigenvalue weighted by Crippen LogP contribution is 2.27. The smallest absolute Gasteiger partial charge is 0.101 e. The molecule has 2 rings (SSSR count). The first-order valence-electron chi connectivity index (χ1n) is 6.28. The summed E-state index contributed by atoms with van der Waals surface area (Å²) in [7, 11) is 1.74. The van der Waals surface area contributed by atoms with Gasteiger partial charge in [0.2, 0.25) is 0 Å². The molecular formula is C14H19N3O. The number of anilines is 2. The molecule has 1 atom stereocenters. The second-order valence-corrected chi connectivity index (χ2v) is 4.80. The molecular weight excluding hydrogens is 226 g/mol. The van der Waals surface area contributed by atoms with Crippen LogP contribution in [0.2, 0.25) is 0 Å². The van der Waals surface area contributed by atoms with Crippen LogP contribution in [0.4, 0.5) is 11.4 Å². The van der Waals surface area contributed by atoms with E-state index in [4.69, 9.17) is 10.5 Å². The van der Waals surface area contributed by atoms with E-state index in [2.05, 4.69) is 11.0 Å². The first-order valence-corrected chi connectivity index (χ1v) is 6.28. The van der Waals surface area contributed by atoms with Gasteiger partial charge >= 0.3 is 0 Å². The van der Waals surface area contributed by atoms with Gasteiger partial charge in [-0.3, -0.25) is 0 Å². The van der Waals surface area contributed by atoms with Gasteiger partial charge in [-0.15, -0.1) is 0 Å². The molecule has 96 valence electrons. The number of piperidine rings is 1. The van der Waals surface area contributed by atoms with E-state index in [-0.39, 0.29) is 0 Å². The minimum absolute atomic E-state index is 0.549. The molecule has 0 radical (unpaired) electrons. The summed E-state index contributed by atoms with van der Waals surface area (Å²) in [5.41, 5.74) is 8.01. The molecule has 0 amide bonds. The number of hydrogen-bond acceptors (Lipinski definition) is 4. The van der Waals surface area contributed by atoms with Crippen LogP contribution < -0.4 is 10.6 Å². The molecule has 4 nitrogen and oxygen atoms in total. The molecule has 0 bridgehead atoms. The number of hydrogen-bond donors (Lipinski definition) is 1. The van der Waals surface area contributed by atoms with Crippen LogP contribution in [0.5, 0.6) is 0 Å². The number of nitrogen functional groups attached to an aromatic ring is 1. The predicted molar refractivity (Wildman–Crippen MR) is 72.4 cm³/mol. The van der Waals surface area contributed by atoms with E-state index >= 15 is 0 Å². The molecule has 2 N–H and O–H groups in total. The molecule has 1 unspecified atom stereocenters. The number of nitriles is 1. The number of benzene rings is 1. The third kappa shape index (κ3) is 2.74. The number of nitrogens with two attached hydrogens (primary N) is 1. The maximum atomic E-state index is 9.19. The lowest BCUT2D eigenvalue weighted by Crippen LogP contribution is -2.37. The highest BCUT2D eigenvalue weighted by atomic mass is 16.5. The van der Waals surface area contributed by atoms with E-state index in [0.29, 0.717) is 17.2 Å². The highest BCUT2D eigenvalue weighted by molar-refractivity contribution is 5.64. The number of nitrogens with zero attached hydrogens (tertiary/aromatic N) is 2. The van der Waals surface area contributed by atoms with Gasteiger partial charge in [-0.2, -0.15) is 5.26 Å². The molecule has 0 spiro atoms. The Balaban J connectivity index is 2.18. The highest BCUT2D eigenvalue weighted by Gasteiger charge is 2.21. The molecule has 1 heterocycles. The van der Waals surface area contributed by atoms with Crippen molar-refractivity contribution in [1.82, 2.24) is 0 Å². The van der Waals surface area contributed by atoms with Crippen LogP contribution in [0.3, 0.4) is 0 Å². The summed E-state index contributed by atoms with van der Waals surface area (Å²) in [6, 6.07) is 7.78. The van der Waals surface area contributed by atoms with Gasteiger partial charge in [-0.1, -0.05) is 0 Å². The third-order valence-electron chi connectivity index (χ3n) is 3.40. The third-order valence-corrected chi connectivity index (χ3v) is 3.40. The van der Waals surface area contributed by atoms with Gasteiger partial charge in [0.25, 0.3) is 0 Å². The Labute approximate surface area is 108 Å². The molecule has 1 aliphatic rings. The van der Waals surface area contributed by atoms with Gasteiger partial charge in [-0.25, -0.2) is 0 Å². The summed E-state index contributed by atoms with van der Waals surface area (Å²) >= 11 is 0. The van der Waals surface area contributed by atoms with Crippen LogP contribution in [0.1, 0.15) is 18.4 Å². The fourth-order valence-corrected chi connectivity index (χ4v) is 2.57. The molecule has 0 aliphatic carbocycles. The number of methoxy groups -OCH3 is 1. The largest absolute Gasteiger partial charge is 0.399 e. The van der Waals surface area contributed by atoms with Crippen molar-refractivity contribution in [3.63, 3.8) is 0 Å². The average molecular weight is 245 g/mol. The first kappa shape index (κ1) is 12.7. The van der Waals surface area contributed by atoms with Gasteiger partial charge in [0.1, 0.15) is 6.07 Å². The van der Waals surface area contributed by atoms with E-state index in [1.165, 1.54) is 6.42 Å². The molecule has 1 fully saturated rings. The monoisotopic (exact) mass is 245 g/mol. The Morgan fingerprint density at radius 3 is 3.11 bits per heavy atom. The normalized spacial score (nSPS) is 19.6. The van der Waals surface area contributed by atoms with Crippen molar-refractivity contribution in [1.29, 1.82) is 5.26 Å². The molecule has 1 aliphatic heterocycles. The summed E-state index contributed by atoms with van der Waals surface area (Å²) in [6.07, 6.45) is 2.34. The summed E-state index contributed by atoms with van der Waals surface area (Å²) in [5, 5.41) is 9.19. The van der Waals surface area contributed by atoms with Crippen molar-refractivity contribution in [3.05, 3.63) is 23.8 Å². The zero-order valence-corrected chi connectivity index (χ0v) is 10.7. The lowest BCUT2D eigenvalue weighted by molar-refractivity contribution is 0.143. The molecule has 1 aromatic carbocycles. The quantitative estimate of drug-likeness (QED) is 0.827. The molecule has 0 saturated carbocycles. The molecule has 1 saturated heterocycles. The lowest BCUT2D eigenvalue weighted by Gasteiger charge is -2.34. The molecule has 18 heavy (non-hydrogen) atoms. The Kier molecular flexibility index (Phi) is 4.06. The summed E-state index contributed by atoms with van der Waals surface area (Å²) < 4.78 is 5.23. The minimum Gasteiger partial charge on any atom is -0.399 e. The van der Waals surface area contributed by atoms with Crippen LogP contribution >= 0.6 is 0 Å². The Hall–Kier alpha value is -1.73. The first-order chi connectivity index (χ1) is 8.74. The van der Waals surface area contributed by atoms with Crippen molar-refractivity contribution >= 4 is 11.4 Å². The van der Waals surface area contributed by atoms with Crippen molar-refractivity contribution in [2.45, 2.75) is 12.8 Å². The van der Waals surface area contributed by atoms with E-state index in [1.54, 1.807) is 13.2 Å². The van der Waals surface area contributed by atoms with Crippen molar-refractivity contribution in [2.24, 2.45) is 5.92 Å². The molecule has 4 heteroatoms. The van der Waals surface area contributed by atoms with E-state index < -0.39 is 0 Å². The molecule has 0 aromatic heterocycles. The van der Waals surface area contributed by atoms with Gasteiger partial charge in [0.15, 0.2) is 0 Å². The van der Waals surface area contributed by atoms with Crippen LogP contribution in [0.15, 0.2) is 18.2 Å². The zero-order valence-electron chi connectivity index (χ0n) is 10.7. The van der Waals surface area contributed by atoms with Crippen LogP contribution in [0, 0.1) is 17.2 Å². The summed E-state index contributed by atoms with van der Waals surface area (Å²) in [4.78, 5) is 2.27. The van der Waals surface area contributed by atoms with Gasteiger partial charge < -0.3 is 15.4 Å². The van der Waals surface area contributed by atoms with E-state index in [1.807, 2.05) is 12.1 Å². The topological polar surface area (TPSA) is 62.3 Å². The Morgan fingerprint density at radius 1 is 1.56 bits per heavy atom. The van der Waals surface area contributed by atoms with Crippen molar-refractivity contribution in [3.8, 4) is 6.07 Å². The predicted octanol–water partition coefficient (Wildman–Crippen LogP) is 2.00. The standard InChI is InChI=1S/C14H19N3O/c1-18-10-11-3-2-6-17(9-11)14-5-4-13(16)7-12(14)8-15/h4-5,7,11H,2-3,6,9-10,16H2,1H3. The zero-order chi connectivity index (χ0) is 13.0. The average Bonchev–Trinajstić information content (AvgIpc) is 2.39. The fraction of sp³-hybridized carbons (Fsp3) is 0.500. The van der Waals surface area contributed by atoms with Crippen molar-refractivity contribution < 1.29 is 4.74 Å². The summed E-state index contributed by atoms with van der Waals surface area (Å²) in [5.74, 6) is 0.549. The van der Waals surface area contributed by atoms with Gasteiger partial charge in [0, 0.05) is 25.9 Å². The second-order valence-electron chi connectivity index (χ2n) is 4.80. The minimum atomic E-state index is 0.549. The van der Waals surface area contributed by atoms with Crippen molar-refractivity contribution in [2.75, 3.05) is 37.4 Å². The van der Waals surface area contributed by atoms with Crippen LogP contribution in [-0.2, 0) is 4.74 Å².